The van der Waals surface area contributed by atoms with Crippen LogP contribution in [0.1, 0.15) is 23.7 Å². The van der Waals surface area contributed by atoms with Gasteiger partial charge < -0.3 is 0 Å². The quantitative estimate of drug-likeness (QED) is 0.896. The minimum absolute atomic E-state index is 0.215. The Kier molecular flexibility index (Phi) is 4.04. The maximum absolute atomic E-state index is 11.8. The highest BCUT2D eigenvalue weighted by molar-refractivity contribution is 8.14. The molecule has 0 saturated carbocycles. The lowest BCUT2D eigenvalue weighted by Crippen LogP contribution is -2.24. The summed E-state index contributed by atoms with van der Waals surface area (Å²) >= 11 is 7.21. The molecular weight excluding hydrogens is 258 g/mol. The molecule has 1 N–H and O–H groups in total. The van der Waals surface area contributed by atoms with Gasteiger partial charge in [0, 0.05) is 10.6 Å². The zero-order chi connectivity index (χ0) is 12.3. The van der Waals surface area contributed by atoms with Crippen LogP contribution < -0.4 is 10.9 Å². The number of hydrogen-bond acceptors (Lipinski definition) is 3. The van der Waals surface area contributed by atoms with Gasteiger partial charge in [-0.05, 0) is 30.7 Å². The number of carbonyl (C=O) groups excluding carboxylic acids is 1. The van der Waals surface area contributed by atoms with Crippen molar-refractivity contribution in [3.05, 3.63) is 34.9 Å². The maximum atomic E-state index is 11.8. The van der Waals surface area contributed by atoms with E-state index in [-0.39, 0.29) is 11.3 Å². The third kappa shape index (κ3) is 3.21. The van der Waals surface area contributed by atoms with Crippen LogP contribution in [0.15, 0.2) is 29.3 Å². The fourth-order valence-electron chi connectivity index (χ4n) is 1.28. The van der Waals surface area contributed by atoms with Crippen molar-refractivity contribution in [1.29, 1.82) is 0 Å². The second kappa shape index (κ2) is 5.53. The molecule has 4 nitrogen and oxygen atoms in total. The van der Waals surface area contributed by atoms with Gasteiger partial charge in [-0.3, -0.25) is 4.79 Å². The summed E-state index contributed by atoms with van der Waals surface area (Å²) in [5, 5.41) is 1.30. The monoisotopic (exact) mass is 268 g/mol. The molecule has 1 radical (unpaired) electrons. The molecule has 1 unspecified atom stereocenters. The molecule has 89 valence electrons. The first-order valence-corrected chi connectivity index (χ1v) is 6.46. The minimum Gasteiger partial charge on any atom is -0.267 e. The zero-order valence-corrected chi connectivity index (χ0v) is 10.8. The van der Waals surface area contributed by atoms with Crippen molar-refractivity contribution in [2.45, 2.75) is 18.7 Å². The highest BCUT2D eigenvalue weighted by atomic mass is 35.5. The number of hydrogen-bond donors (Lipinski definition) is 1. The number of benzene rings is 1. The summed E-state index contributed by atoms with van der Waals surface area (Å²) in [5.41, 5.74) is 7.40. The normalized spacial score (nSPS) is 21.5. The molecule has 0 aliphatic carbocycles. The SMILES string of the molecule is CCC1N[N]C(=NC(=O)c2ccc(Cl)cc2)S1. The van der Waals surface area contributed by atoms with E-state index in [0.717, 1.165) is 6.42 Å². The van der Waals surface area contributed by atoms with E-state index in [0.29, 0.717) is 15.8 Å². The van der Waals surface area contributed by atoms with Crippen LogP contribution in [-0.4, -0.2) is 16.4 Å². The summed E-state index contributed by atoms with van der Waals surface area (Å²) in [6.45, 7) is 2.05. The molecule has 1 amide bonds. The van der Waals surface area contributed by atoms with Gasteiger partial charge in [0.05, 0.1) is 5.37 Å². The fraction of sp³-hybridized carbons (Fsp3) is 0.273. The van der Waals surface area contributed by atoms with Crippen molar-refractivity contribution in [3.63, 3.8) is 0 Å². The standard InChI is InChI=1S/C11H11ClN3OS/c1-2-9-14-15-11(17-9)13-10(16)7-3-5-8(12)6-4-7/h3-6,9,14H,2H2,1H3. The molecule has 6 heteroatoms. The van der Waals surface area contributed by atoms with Crippen molar-refractivity contribution < 1.29 is 4.79 Å². The molecule has 17 heavy (non-hydrogen) atoms. The van der Waals surface area contributed by atoms with Gasteiger partial charge in [0.25, 0.3) is 5.91 Å². The molecule has 1 heterocycles. The molecule has 1 saturated heterocycles. The average Bonchev–Trinajstić information content (AvgIpc) is 2.77. The highest BCUT2D eigenvalue weighted by Gasteiger charge is 2.21. The molecule has 0 spiro atoms. The smallest absolute Gasteiger partial charge is 0.267 e. The summed E-state index contributed by atoms with van der Waals surface area (Å²) < 4.78 is 0. The van der Waals surface area contributed by atoms with Gasteiger partial charge in [-0.2, -0.15) is 15.8 Å². The molecule has 2 rings (SSSR count). The van der Waals surface area contributed by atoms with Gasteiger partial charge >= 0.3 is 0 Å². The Balaban J connectivity index is 2.06. The van der Waals surface area contributed by atoms with Gasteiger partial charge in [-0.1, -0.05) is 30.3 Å². The summed E-state index contributed by atoms with van der Waals surface area (Å²) in [4.78, 5) is 15.7. The van der Waals surface area contributed by atoms with Crippen LogP contribution in [0.2, 0.25) is 5.02 Å². The van der Waals surface area contributed by atoms with E-state index < -0.39 is 0 Å². The predicted molar refractivity (Wildman–Crippen MR) is 70.2 cm³/mol. The van der Waals surface area contributed by atoms with Gasteiger partial charge in [0.15, 0.2) is 0 Å². The number of amides is 1. The number of nitrogens with one attached hydrogen (secondary N) is 1. The average molecular weight is 269 g/mol. The van der Waals surface area contributed by atoms with Crippen LogP contribution >= 0.6 is 23.4 Å². The number of rotatable bonds is 2. The number of carbonyl (C=O) groups is 1. The molecule has 1 aliphatic rings. The summed E-state index contributed by atoms with van der Waals surface area (Å²) in [5.74, 6) is -0.300. The number of nitrogens with zero attached hydrogens (tertiary/aromatic N) is 2. The highest BCUT2D eigenvalue weighted by Crippen LogP contribution is 2.19. The third-order valence-corrected chi connectivity index (χ3v) is 3.58. The lowest BCUT2D eigenvalue weighted by atomic mass is 10.2. The lowest BCUT2D eigenvalue weighted by molar-refractivity contribution is 0.100. The molecule has 0 aromatic heterocycles. The van der Waals surface area contributed by atoms with Crippen LogP contribution in [0.4, 0.5) is 0 Å². The van der Waals surface area contributed by atoms with Gasteiger partial charge in [0.2, 0.25) is 5.17 Å². The fourth-order valence-corrected chi connectivity index (χ4v) is 2.17. The molecule has 1 aliphatic heterocycles. The number of thioether (sulfide) groups is 1. The van der Waals surface area contributed by atoms with E-state index >= 15 is 0 Å². The van der Waals surface area contributed by atoms with Crippen molar-refractivity contribution in [1.82, 2.24) is 10.9 Å². The second-order valence-corrected chi connectivity index (χ2v) is 5.07. The van der Waals surface area contributed by atoms with E-state index in [1.54, 1.807) is 24.3 Å². The van der Waals surface area contributed by atoms with Crippen molar-refractivity contribution in [3.8, 4) is 0 Å². The van der Waals surface area contributed by atoms with Crippen molar-refractivity contribution in [2.24, 2.45) is 4.99 Å². The Morgan fingerprint density at radius 2 is 2.24 bits per heavy atom. The zero-order valence-electron chi connectivity index (χ0n) is 9.18. The van der Waals surface area contributed by atoms with Gasteiger partial charge in [-0.15, -0.1) is 0 Å². The third-order valence-electron chi connectivity index (χ3n) is 2.21. The number of halogens is 1. The van der Waals surface area contributed by atoms with Crippen LogP contribution in [0.5, 0.6) is 0 Å². The van der Waals surface area contributed by atoms with Gasteiger partial charge in [-0.25, -0.2) is 0 Å². The van der Waals surface area contributed by atoms with Gasteiger partial charge in [0.1, 0.15) is 0 Å². The van der Waals surface area contributed by atoms with Crippen LogP contribution in [0.25, 0.3) is 0 Å². The Morgan fingerprint density at radius 1 is 1.53 bits per heavy atom. The first-order valence-electron chi connectivity index (χ1n) is 5.20. The summed E-state index contributed by atoms with van der Waals surface area (Å²) in [6, 6.07) is 6.64. The van der Waals surface area contributed by atoms with Crippen LogP contribution in [0, 0.1) is 0 Å². The second-order valence-electron chi connectivity index (χ2n) is 3.46. The van der Waals surface area contributed by atoms with Crippen LogP contribution in [-0.2, 0) is 0 Å². The Morgan fingerprint density at radius 3 is 2.82 bits per heavy atom. The predicted octanol–water partition coefficient (Wildman–Crippen LogP) is 2.43. The van der Waals surface area contributed by atoms with E-state index in [2.05, 4.69) is 15.8 Å². The molecule has 0 bridgehead atoms. The first-order chi connectivity index (χ1) is 8.19. The molecular formula is C11H11ClN3OS. The first kappa shape index (κ1) is 12.4. The van der Waals surface area contributed by atoms with E-state index in [1.807, 2.05) is 6.92 Å². The van der Waals surface area contributed by atoms with Crippen LogP contribution in [0.3, 0.4) is 0 Å². The van der Waals surface area contributed by atoms with Crippen molar-refractivity contribution in [2.75, 3.05) is 0 Å². The Bertz CT molecular complexity index is 447. The molecule has 1 fully saturated rings. The van der Waals surface area contributed by atoms with E-state index in [4.69, 9.17) is 11.6 Å². The summed E-state index contributed by atoms with van der Waals surface area (Å²) in [6.07, 6.45) is 0.933. The Labute approximate surface area is 109 Å². The van der Waals surface area contributed by atoms with E-state index in [1.165, 1.54) is 11.8 Å². The minimum atomic E-state index is -0.300. The molecule has 1 aromatic rings. The van der Waals surface area contributed by atoms with E-state index in [9.17, 15) is 4.79 Å². The number of amidine groups is 1. The maximum Gasteiger partial charge on any atom is 0.279 e. The largest absolute Gasteiger partial charge is 0.279 e. The topological polar surface area (TPSA) is 55.6 Å². The summed E-state index contributed by atoms with van der Waals surface area (Å²) in [7, 11) is 0. The Hall–Kier alpha value is -1.04. The number of aliphatic imine (C=N–C) groups is 1. The molecule has 1 atom stereocenters. The lowest BCUT2D eigenvalue weighted by Gasteiger charge is -1.98. The van der Waals surface area contributed by atoms with Crippen molar-refractivity contribution >= 4 is 34.4 Å². The molecule has 1 aromatic carbocycles.